The van der Waals surface area contributed by atoms with E-state index in [1.54, 1.807) is 11.3 Å². The number of nitrogens with zero attached hydrogens (tertiary/aromatic N) is 2. The van der Waals surface area contributed by atoms with Crippen molar-refractivity contribution in [1.29, 1.82) is 0 Å². The Labute approximate surface area is 122 Å². The van der Waals surface area contributed by atoms with Crippen LogP contribution in [0.2, 0.25) is 0 Å². The number of hydrogen-bond acceptors (Lipinski definition) is 6. The molecule has 108 valence electrons. The van der Waals surface area contributed by atoms with Gasteiger partial charge in [-0.1, -0.05) is 5.16 Å². The van der Waals surface area contributed by atoms with Crippen molar-refractivity contribution in [3.63, 3.8) is 0 Å². The summed E-state index contributed by atoms with van der Waals surface area (Å²) in [5.41, 5.74) is 2.25. The van der Waals surface area contributed by atoms with Crippen molar-refractivity contribution in [2.45, 2.75) is 32.3 Å². The molecule has 0 unspecified atom stereocenters. The molecule has 0 radical (unpaired) electrons. The maximum absolute atomic E-state index is 5.84. The third-order valence-corrected chi connectivity index (χ3v) is 4.38. The minimum atomic E-state index is 0.373. The standard InChI is InChI=1S/C14H19N3O2S/c1-10-8-20-9-12(10)14-16-13(19-17-14)4-7-18-11-2-5-15-6-3-11/h8-9,11,15H,2-7H2,1H3. The highest BCUT2D eigenvalue weighted by molar-refractivity contribution is 7.08. The number of piperidine rings is 1. The van der Waals surface area contributed by atoms with E-state index < -0.39 is 0 Å². The van der Waals surface area contributed by atoms with Gasteiger partial charge in [0.05, 0.1) is 19.1 Å². The number of rotatable bonds is 5. The second-order valence-electron chi connectivity index (χ2n) is 5.05. The molecule has 1 aliphatic rings. The van der Waals surface area contributed by atoms with Crippen LogP contribution in [0.25, 0.3) is 11.4 Å². The molecule has 3 rings (SSSR count). The van der Waals surface area contributed by atoms with Gasteiger partial charge in [0.15, 0.2) is 0 Å². The van der Waals surface area contributed by atoms with Crippen LogP contribution in [0.3, 0.4) is 0 Å². The number of ether oxygens (including phenoxy) is 1. The van der Waals surface area contributed by atoms with Gasteiger partial charge in [-0.3, -0.25) is 0 Å². The van der Waals surface area contributed by atoms with E-state index in [9.17, 15) is 0 Å². The Morgan fingerprint density at radius 3 is 3.00 bits per heavy atom. The number of aromatic nitrogens is 2. The molecule has 5 nitrogen and oxygen atoms in total. The van der Waals surface area contributed by atoms with Crippen molar-refractivity contribution < 1.29 is 9.26 Å². The van der Waals surface area contributed by atoms with Crippen molar-refractivity contribution in [2.24, 2.45) is 0 Å². The molecule has 1 fully saturated rings. The Morgan fingerprint density at radius 2 is 2.25 bits per heavy atom. The van der Waals surface area contributed by atoms with Crippen LogP contribution in [0, 0.1) is 6.92 Å². The normalized spacial score (nSPS) is 16.6. The van der Waals surface area contributed by atoms with Crippen LogP contribution in [-0.2, 0) is 11.2 Å². The van der Waals surface area contributed by atoms with Gasteiger partial charge < -0.3 is 14.6 Å². The minimum absolute atomic E-state index is 0.373. The summed E-state index contributed by atoms with van der Waals surface area (Å²) in [7, 11) is 0. The lowest BCUT2D eigenvalue weighted by molar-refractivity contribution is 0.0322. The summed E-state index contributed by atoms with van der Waals surface area (Å²) in [4.78, 5) is 4.43. The molecule has 0 atom stereocenters. The third-order valence-electron chi connectivity index (χ3n) is 3.52. The van der Waals surface area contributed by atoms with Crippen LogP contribution in [0.4, 0.5) is 0 Å². The smallest absolute Gasteiger partial charge is 0.229 e. The minimum Gasteiger partial charge on any atom is -0.378 e. The zero-order valence-corrected chi connectivity index (χ0v) is 12.4. The lowest BCUT2D eigenvalue weighted by Gasteiger charge is -2.22. The highest BCUT2D eigenvalue weighted by atomic mass is 32.1. The first-order valence-electron chi connectivity index (χ1n) is 7.01. The molecule has 0 bridgehead atoms. The van der Waals surface area contributed by atoms with Crippen molar-refractivity contribution in [3.8, 4) is 11.4 Å². The van der Waals surface area contributed by atoms with E-state index in [4.69, 9.17) is 9.26 Å². The Hall–Kier alpha value is -1.24. The van der Waals surface area contributed by atoms with Crippen molar-refractivity contribution in [3.05, 3.63) is 22.2 Å². The Kier molecular flexibility index (Phi) is 4.44. The molecule has 0 aliphatic carbocycles. The van der Waals surface area contributed by atoms with Gasteiger partial charge in [-0.15, -0.1) is 0 Å². The Morgan fingerprint density at radius 1 is 1.40 bits per heavy atom. The first-order chi connectivity index (χ1) is 9.83. The molecular formula is C14H19N3O2S. The summed E-state index contributed by atoms with van der Waals surface area (Å²) in [6.07, 6.45) is 3.23. The molecule has 6 heteroatoms. The van der Waals surface area contributed by atoms with Crippen molar-refractivity contribution >= 4 is 11.3 Å². The van der Waals surface area contributed by atoms with Crippen molar-refractivity contribution in [2.75, 3.05) is 19.7 Å². The fraction of sp³-hybridized carbons (Fsp3) is 0.571. The highest BCUT2D eigenvalue weighted by Gasteiger charge is 2.15. The zero-order valence-electron chi connectivity index (χ0n) is 11.6. The number of nitrogens with one attached hydrogen (secondary N) is 1. The molecule has 1 aliphatic heterocycles. The largest absolute Gasteiger partial charge is 0.378 e. The van der Waals surface area contributed by atoms with E-state index in [1.807, 2.05) is 0 Å². The quantitative estimate of drug-likeness (QED) is 0.917. The molecular weight excluding hydrogens is 274 g/mol. The van der Waals surface area contributed by atoms with Gasteiger partial charge >= 0.3 is 0 Å². The molecule has 20 heavy (non-hydrogen) atoms. The summed E-state index contributed by atoms with van der Waals surface area (Å²) in [6.45, 7) is 4.80. The summed E-state index contributed by atoms with van der Waals surface area (Å²) in [5, 5.41) is 11.5. The molecule has 0 saturated carbocycles. The third kappa shape index (κ3) is 3.26. The Bertz CT molecular complexity index is 546. The molecule has 1 N–H and O–H groups in total. The van der Waals surface area contributed by atoms with Crippen LogP contribution in [0.5, 0.6) is 0 Å². The van der Waals surface area contributed by atoms with Gasteiger partial charge in [-0.25, -0.2) is 0 Å². The van der Waals surface area contributed by atoms with E-state index in [1.165, 1.54) is 5.56 Å². The monoisotopic (exact) mass is 293 g/mol. The van der Waals surface area contributed by atoms with Gasteiger partial charge in [0.2, 0.25) is 11.7 Å². The van der Waals surface area contributed by atoms with Crippen LogP contribution < -0.4 is 5.32 Å². The molecule has 1 saturated heterocycles. The van der Waals surface area contributed by atoms with Gasteiger partial charge in [0.1, 0.15) is 0 Å². The first kappa shape index (κ1) is 13.7. The molecule has 2 aromatic heterocycles. The van der Waals surface area contributed by atoms with E-state index in [0.717, 1.165) is 31.5 Å². The van der Waals surface area contributed by atoms with E-state index in [-0.39, 0.29) is 0 Å². The maximum atomic E-state index is 5.84. The van der Waals surface area contributed by atoms with E-state index in [2.05, 4.69) is 33.1 Å². The van der Waals surface area contributed by atoms with E-state index >= 15 is 0 Å². The van der Waals surface area contributed by atoms with Gasteiger partial charge in [-0.2, -0.15) is 16.3 Å². The molecule has 0 spiro atoms. The fourth-order valence-corrected chi connectivity index (χ4v) is 3.16. The lowest BCUT2D eigenvalue weighted by Crippen LogP contribution is -2.32. The van der Waals surface area contributed by atoms with Gasteiger partial charge in [0.25, 0.3) is 0 Å². The van der Waals surface area contributed by atoms with Crippen molar-refractivity contribution in [1.82, 2.24) is 15.5 Å². The first-order valence-corrected chi connectivity index (χ1v) is 7.95. The summed E-state index contributed by atoms with van der Waals surface area (Å²) < 4.78 is 11.1. The van der Waals surface area contributed by atoms with Crippen LogP contribution in [-0.4, -0.2) is 35.9 Å². The average molecular weight is 293 g/mol. The maximum Gasteiger partial charge on any atom is 0.229 e. The number of hydrogen-bond donors (Lipinski definition) is 1. The Balaban J connectivity index is 1.51. The zero-order chi connectivity index (χ0) is 13.8. The molecule has 2 aromatic rings. The summed E-state index contributed by atoms with van der Waals surface area (Å²) in [6, 6.07) is 0. The lowest BCUT2D eigenvalue weighted by atomic mass is 10.1. The molecule has 0 aromatic carbocycles. The summed E-state index contributed by atoms with van der Waals surface area (Å²) in [5.74, 6) is 1.33. The van der Waals surface area contributed by atoms with Crippen LogP contribution >= 0.6 is 11.3 Å². The molecule has 3 heterocycles. The number of thiophene rings is 1. The number of aryl methyl sites for hydroxylation is 1. The topological polar surface area (TPSA) is 60.2 Å². The van der Waals surface area contributed by atoms with Crippen LogP contribution in [0.15, 0.2) is 15.3 Å². The highest BCUT2D eigenvalue weighted by Crippen LogP contribution is 2.24. The second kappa shape index (κ2) is 6.47. The predicted octanol–water partition coefficient (Wildman–Crippen LogP) is 2.42. The molecule has 0 amide bonds. The fourth-order valence-electron chi connectivity index (χ4n) is 2.33. The SMILES string of the molecule is Cc1cscc1-c1noc(CCOC2CCNCC2)n1. The summed E-state index contributed by atoms with van der Waals surface area (Å²) >= 11 is 1.65. The second-order valence-corrected chi connectivity index (χ2v) is 5.79. The van der Waals surface area contributed by atoms with E-state index in [0.29, 0.717) is 30.8 Å². The predicted molar refractivity (Wildman–Crippen MR) is 77.9 cm³/mol. The van der Waals surface area contributed by atoms with Gasteiger partial charge in [0, 0.05) is 10.9 Å². The van der Waals surface area contributed by atoms with Crippen LogP contribution in [0.1, 0.15) is 24.3 Å². The average Bonchev–Trinajstić information content (AvgIpc) is 3.09. The van der Waals surface area contributed by atoms with Gasteiger partial charge in [-0.05, 0) is 43.8 Å².